The van der Waals surface area contributed by atoms with Gasteiger partial charge in [0.25, 0.3) is 0 Å². The average Bonchev–Trinajstić information content (AvgIpc) is 2.07. The van der Waals surface area contributed by atoms with Crippen molar-refractivity contribution >= 4 is 0 Å². The summed E-state index contributed by atoms with van der Waals surface area (Å²) in [5.74, 6) is 0.800. The molecule has 0 fully saturated rings. The molecular formula is C8H10NO2+. The Bertz CT molecular complexity index is 230. The van der Waals surface area contributed by atoms with E-state index in [0.717, 1.165) is 5.75 Å². The van der Waals surface area contributed by atoms with E-state index in [2.05, 4.69) is 6.58 Å². The predicted octanol–water partition coefficient (Wildman–Crippen LogP) is 0.555. The molecule has 0 spiro atoms. The van der Waals surface area contributed by atoms with Crippen molar-refractivity contribution in [2.45, 2.75) is 0 Å². The fourth-order valence-electron chi connectivity index (χ4n) is 0.692. The molecule has 0 saturated carbocycles. The first-order chi connectivity index (χ1) is 5.36. The molecule has 0 aromatic carbocycles. The Morgan fingerprint density at radius 2 is 2.09 bits per heavy atom. The molecular weight excluding hydrogens is 142 g/mol. The van der Waals surface area contributed by atoms with Gasteiger partial charge in [0.05, 0.1) is 7.11 Å². The summed E-state index contributed by atoms with van der Waals surface area (Å²) in [5, 5.41) is 0. The zero-order valence-corrected chi connectivity index (χ0v) is 6.36. The van der Waals surface area contributed by atoms with Crippen molar-refractivity contribution < 1.29 is 14.3 Å². The maximum absolute atomic E-state index is 4.95. The summed E-state index contributed by atoms with van der Waals surface area (Å²) in [6, 6.07) is 3.59. The van der Waals surface area contributed by atoms with Crippen molar-refractivity contribution in [2.75, 3.05) is 7.11 Å². The lowest BCUT2D eigenvalue weighted by atomic mass is 10.5. The number of pyridine rings is 1. The Morgan fingerprint density at radius 1 is 1.45 bits per heavy atom. The molecule has 0 amide bonds. The van der Waals surface area contributed by atoms with E-state index in [1.165, 1.54) is 11.0 Å². The number of rotatable bonds is 3. The molecule has 0 aliphatic rings. The number of ether oxygens (including phenoxy) is 1. The molecule has 11 heavy (non-hydrogen) atoms. The van der Waals surface area contributed by atoms with Crippen LogP contribution in [0.3, 0.4) is 0 Å². The minimum Gasteiger partial charge on any atom is -0.496 e. The van der Waals surface area contributed by atoms with Gasteiger partial charge in [0.2, 0.25) is 12.4 Å². The van der Waals surface area contributed by atoms with Crippen molar-refractivity contribution in [2.24, 2.45) is 0 Å². The molecule has 0 aliphatic carbocycles. The van der Waals surface area contributed by atoms with Crippen LogP contribution in [0.15, 0.2) is 37.4 Å². The molecule has 1 heterocycles. The second-order valence-corrected chi connectivity index (χ2v) is 1.87. The van der Waals surface area contributed by atoms with E-state index >= 15 is 0 Å². The molecule has 0 bridgehead atoms. The van der Waals surface area contributed by atoms with E-state index in [1.807, 2.05) is 0 Å². The summed E-state index contributed by atoms with van der Waals surface area (Å²) in [6.45, 7) is 3.42. The molecule has 3 nitrogen and oxygen atoms in total. The number of hydrogen-bond acceptors (Lipinski definition) is 2. The second-order valence-electron chi connectivity index (χ2n) is 1.87. The van der Waals surface area contributed by atoms with Gasteiger partial charge in [0.15, 0.2) is 6.26 Å². The number of nitrogens with zero attached hydrogens (tertiary/aromatic N) is 1. The summed E-state index contributed by atoms with van der Waals surface area (Å²) < 4.78 is 6.48. The summed E-state index contributed by atoms with van der Waals surface area (Å²) in [6.07, 6.45) is 4.83. The SMILES string of the molecule is C=CO[n+]1ccc(OC)cc1. The lowest BCUT2D eigenvalue weighted by Crippen LogP contribution is -2.38. The zero-order chi connectivity index (χ0) is 8.10. The molecule has 1 aromatic heterocycles. The van der Waals surface area contributed by atoms with Crippen molar-refractivity contribution in [3.63, 3.8) is 0 Å². The largest absolute Gasteiger partial charge is 0.496 e. The third-order valence-corrected chi connectivity index (χ3v) is 1.20. The monoisotopic (exact) mass is 152 g/mol. The average molecular weight is 152 g/mol. The lowest BCUT2D eigenvalue weighted by molar-refractivity contribution is -0.876. The topological polar surface area (TPSA) is 22.3 Å². The predicted molar refractivity (Wildman–Crippen MR) is 40.0 cm³/mol. The maximum Gasteiger partial charge on any atom is 0.226 e. The molecule has 0 N–H and O–H groups in total. The third kappa shape index (κ3) is 1.97. The molecule has 1 aromatic rings. The van der Waals surface area contributed by atoms with Crippen LogP contribution >= 0.6 is 0 Å². The summed E-state index contributed by atoms with van der Waals surface area (Å²) in [5.41, 5.74) is 0. The first kappa shape index (κ1) is 7.60. The molecule has 0 aliphatic heterocycles. The lowest BCUT2D eigenvalue weighted by Gasteiger charge is -1.94. The highest BCUT2D eigenvalue weighted by molar-refractivity contribution is 5.13. The van der Waals surface area contributed by atoms with E-state index < -0.39 is 0 Å². The molecule has 0 atom stereocenters. The van der Waals surface area contributed by atoms with E-state index in [1.54, 1.807) is 31.6 Å². The van der Waals surface area contributed by atoms with E-state index in [0.29, 0.717) is 0 Å². The van der Waals surface area contributed by atoms with Gasteiger partial charge in [-0.1, -0.05) is 6.58 Å². The van der Waals surface area contributed by atoms with Crippen LogP contribution < -0.4 is 14.3 Å². The zero-order valence-electron chi connectivity index (χ0n) is 6.36. The van der Waals surface area contributed by atoms with Crippen molar-refractivity contribution in [1.82, 2.24) is 0 Å². The minimum atomic E-state index is 0.800. The normalized spacial score (nSPS) is 8.82. The summed E-state index contributed by atoms with van der Waals surface area (Å²) >= 11 is 0. The highest BCUT2D eigenvalue weighted by Crippen LogP contribution is 2.02. The van der Waals surface area contributed by atoms with Gasteiger partial charge in [-0.2, -0.15) is 0 Å². The number of methoxy groups -OCH3 is 1. The Morgan fingerprint density at radius 3 is 2.55 bits per heavy atom. The summed E-state index contributed by atoms with van der Waals surface area (Å²) in [4.78, 5) is 4.93. The quantitative estimate of drug-likeness (QED) is 0.466. The van der Waals surface area contributed by atoms with Crippen LogP contribution in [0.2, 0.25) is 0 Å². The van der Waals surface area contributed by atoms with Crippen LogP contribution in [0.5, 0.6) is 5.75 Å². The van der Waals surface area contributed by atoms with Crippen molar-refractivity contribution in [1.29, 1.82) is 0 Å². The highest BCUT2D eigenvalue weighted by Gasteiger charge is 1.97. The van der Waals surface area contributed by atoms with Gasteiger partial charge in [-0.25, -0.2) is 4.84 Å². The Labute approximate surface area is 65.4 Å². The van der Waals surface area contributed by atoms with E-state index in [-0.39, 0.29) is 0 Å². The van der Waals surface area contributed by atoms with Crippen LogP contribution in [-0.2, 0) is 0 Å². The van der Waals surface area contributed by atoms with Gasteiger partial charge in [0.1, 0.15) is 5.75 Å². The van der Waals surface area contributed by atoms with Gasteiger partial charge >= 0.3 is 0 Å². The summed E-state index contributed by atoms with van der Waals surface area (Å²) in [7, 11) is 1.62. The van der Waals surface area contributed by atoms with E-state index in [4.69, 9.17) is 9.57 Å². The minimum absolute atomic E-state index is 0.800. The van der Waals surface area contributed by atoms with Crippen LogP contribution in [0, 0.1) is 0 Å². The molecule has 3 heteroatoms. The van der Waals surface area contributed by atoms with Crippen molar-refractivity contribution in [3.05, 3.63) is 37.4 Å². The van der Waals surface area contributed by atoms with Crippen LogP contribution in [0.4, 0.5) is 0 Å². The number of hydrogen-bond donors (Lipinski definition) is 0. The van der Waals surface area contributed by atoms with Gasteiger partial charge < -0.3 is 4.74 Å². The van der Waals surface area contributed by atoms with Crippen molar-refractivity contribution in [3.8, 4) is 5.75 Å². The van der Waals surface area contributed by atoms with Gasteiger partial charge in [0, 0.05) is 16.9 Å². The second kappa shape index (κ2) is 3.61. The van der Waals surface area contributed by atoms with Crippen LogP contribution in [-0.4, -0.2) is 7.11 Å². The highest BCUT2D eigenvalue weighted by atomic mass is 16.6. The van der Waals surface area contributed by atoms with E-state index in [9.17, 15) is 0 Å². The first-order valence-corrected chi connectivity index (χ1v) is 3.20. The Balaban J connectivity index is 2.74. The third-order valence-electron chi connectivity index (χ3n) is 1.20. The van der Waals surface area contributed by atoms with Gasteiger partial charge in [-0.15, -0.1) is 0 Å². The maximum atomic E-state index is 4.95. The molecule has 58 valence electrons. The first-order valence-electron chi connectivity index (χ1n) is 3.20. The Hall–Kier alpha value is -1.51. The molecule has 0 saturated heterocycles. The smallest absolute Gasteiger partial charge is 0.226 e. The molecule has 0 unspecified atom stereocenters. The molecule has 1 rings (SSSR count). The fraction of sp³-hybridized carbons (Fsp3) is 0.125. The Kier molecular flexibility index (Phi) is 2.49. The number of aromatic nitrogens is 1. The van der Waals surface area contributed by atoms with Gasteiger partial charge in [-0.05, 0) is 0 Å². The standard InChI is InChI=1S/C8H10NO2/c1-3-11-9-6-4-8(10-2)5-7-9/h3-7H,1H2,2H3/q+1. The fourth-order valence-corrected chi connectivity index (χ4v) is 0.692. The van der Waals surface area contributed by atoms with Gasteiger partial charge in [-0.3, -0.25) is 0 Å². The molecule has 0 radical (unpaired) electrons. The van der Waals surface area contributed by atoms with Crippen LogP contribution in [0.25, 0.3) is 0 Å². The van der Waals surface area contributed by atoms with Crippen LogP contribution in [0.1, 0.15) is 0 Å².